The number of aromatic amines is 1. The summed E-state index contributed by atoms with van der Waals surface area (Å²) >= 11 is 1.61. The Kier molecular flexibility index (Phi) is 5.14. The Balaban J connectivity index is 1.75. The van der Waals surface area contributed by atoms with Gasteiger partial charge >= 0.3 is 0 Å². The maximum atomic E-state index is 13.8. The van der Waals surface area contributed by atoms with Crippen molar-refractivity contribution in [3.05, 3.63) is 98.8 Å². The summed E-state index contributed by atoms with van der Waals surface area (Å²) in [6.45, 7) is 8.37. The molecule has 0 bridgehead atoms. The van der Waals surface area contributed by atoms with Gasteiger partial charge in [-0.3, -0.25) is 9.36 Å². The zero-order valence-electron chi connectivity index (χ0n) is 18.7. The molecule has 0 aliphatic heterocycles. The smallest absolute Gasteiger partial charge is 0.283 e. The zero-order chi connectivity index (χ0) is 22.4. The number of aromatic nitrogens is 3. The van der Waals surface area contributed by atoms with E-state index in [0.717, 1.165) is 39.0 Å². The average molecular weight is 440 g/mol. The van der Waals surface area contributed by atoms with E-state index in [0.29, 0.717) is 10.7 Å². The van der Waals surface area contributed by atoms with Gasteiger partial charge in [0.05, 0.1) is 5.69 Å². The van der Waals surface area contributed by atoms with E-state index in [2.05, 4.69) is 56.9 Å². The number of H-pyrrole nitrogens is 1. The Hall–Kier alpha value is -3.31. The number of nitrogens with one attached hydrogen (secondary N) is 1. The molecule has 2 heterocycles. The summed E-state index contributed by atoms with van der Waals surface area (Å²) in [4.78, 5) is 22.1. The summed E-state index contributed by atoms with van der Waals surface area (Å²) in [5.41, 5.74) is 8.99. The van der Waals surface area contributed by atoms with E-state index in [1.807, 2.05) is 36.4 Å². The number of benzene rings is 3. The summed E-state index contributed by atoms with van der Waals surface area (Å²) in [6.07, 6.45) is 0. The third-order valence-electron chi connectivity index (χ3n) is 6.17. The fourth-order valence-electron chi connectivity index (χ4n) is 4.13. The van der Waals surface area contributed by atoms with Crippen LogP contribution in [-0.2, 0) is 5.75 Å². The van der Waals surface area contributed by atoms with Crippen molar-refractivity contribution in [2.45, 2.75) is 38.6 Å². The molecule has 0 spiro atoms. The van der Waals surface area contributed by atoms with E-state index in [1.165, 1.54) is 16.7 Å². The fraction of sp³-hybridized carbons (Fsp3) is 0.185. The number of nitrogens with zero attached hydrogens (tertiary/aromatic N) is 2. The predicted molar refractivity (Wildman–Crippen MR) is 134 cm³/mol. The van der Waals surface area contributed by atoms with Crippen LogP contribution >= 0.6 is 11.8 Å². The van der Waals surface area contributed by atoms with Gasteiger partial charge in [0.25, 0.3) is 5.56 Å². The number of thioether (sulfide) groups is 1. The fourth-order valence-corrected chi connectivity index (χ4v) is 5.19. The third kappa shape index (κ3) is 3.43. The van der Waals surface area contributed by atoms with Crippen LogP contribution in [0.5, 0.6) is 0 Å². The summed E-state index contributed by atoms with van der Waals surface area (Å²) < 4.78 is 1.77. The van der Waals surface area contributed by atoms with Crippen molar-refractivity contribution in [2.75, 3.05) is 0 Å². The highest BCUT2D eigenvalue weighted by molar-refractivity contribution is 7.98. The second-order valence-corrected chi connectivity index (χ2v) is 9.31. The molecular formula is C27H25N3OS. The van der Waals surface area contributed by atoms with Crippen LogP contribution < -0.4 is 5.56 Å². The van der Waals surface area contributed by atoms with Crippen LogP contribution in [0.3, 0.4) is 0 Å². The number of para-hydroxylation sites is 1. The highest BCUT2D eigenvalue weighted by Crippen LogP contribution is 2.30. The Morgan fingerprint density at radius 2 is 1.75 bits per heavy atom. The summed E-state index contributed by atoms with van der Waals surface area (Å²) in [7, 11) is 0. The molecule has 32 heavy (non-hydrogen) atoms. The van der Waals surface area contributed by atoms with Gasteiger partial charge in [-0.1, -0.05) is 65.9 Å². The van der Waals surface area contributed by atoms with E-state index >= 15 is 0 Å². The molecule has 3 aromatic carbocycles. The van der Waals surface area contributed by atoms with Crippen molar-refractivity contribution < 1.29 is 0 Å². The molecule has 0 unspecified atom stereocenters. The second-order valence-electron chi connectivity index (χ2n) is 8.37. The van der Waals surface area contributed by atoms with Crippen molar-refractivity contribution in [1.29, 1.82) is 0 Å². The monoisotopic (exact) mass is 439 g/mol. The Labute approximate surface area is 191 Å². The number of aryl methyl sites for hydroxylation is 3. The molecule has 0 aliphatic carbocycles. The first-order chi connectivity index (χ1) is 15.4. The van der Waals surface area contributed by atoms with Crippen LogP contribution in [0.2, 0.25) is 0 Å². The molecule has 5 rings (SSSR count). The number of hydrogen-bond donors (Lipinski definition) is 1. The highest BCUT2D eigenvalue weighted by atomic mass is 32.2. The average Bonchev–Trinajstić information content (AvgIpc) is 3.16. The van der Waals surface area contributed by atoms with Crippen LogP contribution in [0.1, 0.15) is 27.8 Å². The lowest BCUT2D eigenvalue weighted by atomic mass is 10.1. The molecule has 5 aromatic rings. The maximum Gasteiger partial charge on any atom is 0.283 e. The maximum absolute atomic E-state index is 13.8. The van der Waals surface area contributed by atoms with Crippen LogP contribution in [0.4, 0.5) is 0 Å². The Morgan fingerprint density at radius 1 is 0.938 bits per heavy atom. The molecule has 160 valence electrons. The molecule has 0 saturated heterocycles. The molecule has 0 atom stereocenters. The molecule has 2 aromatic heterocycles. The summed E-state index contributed by atoms with van der Waals surface area (Å²) in [5.74, 6) is 0.749. The van der Waals surface area contributed by atoms with Crippen LogP contribution in [0.25, 0.3) is 27.6 Å². The van der Waals surface area contributed by atoms with Gasteiger partial charge in [0.1, 0.15) is 11.0 Å². The number of rotatable bonds is 4. The number of hydrogen-bond acceptors (Lipinski definition) is 3. The first-order valence-corrected chi connectivity index (χ1v) is 11.7. The molecular weight excluding hydrogens is 414 g/mol. The van der Waals surface area contributed by atoms with Gasteiger partial charge < -0.3 is 4.98 Å². The lowest BCUT2D eigenvalue weighted by molar-refractivity contribution is 0.812. The zero-order valence-corrected chi connectivity index (χ0v) is 19.5. The van der Waals surface area contributed by atoms with Crippen molar-refractivity contribution >= 4 is 33.7 Å². The Morgan fingerprint density at radius 3 is 2.59 bits per heavy atom. The molecule has 0 fully saturated rings. The molecule has 0 radical (unpaired) electrons. The lowest BCUT2D eigenvalue weighted by Crippen LogP contribution is -2.22. The van der Waals surface area contributed by atoms with Crippen molar-refractivity contribution in [3.8, 4) is 5.69 Å². The minimum atomic E-state index is -0.0663. The van der Waals surface area contributed by atoms with E-state index < -0.39 is 0 Å². The lowest BCUT2D eigenvalue weighted by Gasteiger charge is -2.16. The molecule has 0 saturated carbocycles. The van der Waals surface area contributed by atoms with E-state index in [-0.39, 0.29) is 5.56 Å². The van der Waals surface area contributed by atoms with E-state index in [9.17, 15) is 4.79 Å². The van der Waals surface area contributed by atoms with E-state index in [1.54, 1.807) is 16.3 Å². The van der Waals surface area contributed by atoms with Crippen molar-refractivity contribution in [3.63, 3.8) is 0 Å². The van der Waals surface area contributed by atoms with E-state index in [4.69, 9.17) is 4.98 Å². The van der Waals surface area contributed by atoms with Gasteiger partial charge in [0.2, 0.25) is 0 Å². The van der Waals surface area contributed by atoms with Crippen molar-refractivity contribution in [1.82, 2.24) is 14.5 Å². The van der Waals surface area contributed by atoms with Crippen LogP contribution in [0, 0.1) is 27.7 Å². The summed E-state index contributed by atoms with van der Waals surface area (Å²) in [5, 5.41) is 1.68. The Bertz CT molecular complexity index is 1540. The standard InChI is InChI=1S/C27H25N3OS/c1-16-12-13-18(3)20(14-16)15-32-27-29-24-21-9-5-6-10-22(21)28-25(24)26(31)30(27)23-11-7-8-17(2)19(23)4/h5-14,28H,15H2,1-4H3. The topological polar surface area (TPSA) is 50.7 Å². The van der Waals surface area contributed by atoms with Crippen LogP contribution in [0.15, 0.2) is 70.6 Å². The van der Waals surface area contributed by atoms with Gasteiger partial charge in [0, 0.05) is 16.7 Å². The normalized spacial score (nSPS) is 11.5. The van der Waals surface area contributed by atoms with Gasteiger partial charge in [-0.25, -0.2) is 4.98 Å². The molecule has 5 heteroatoms. The third-order valence-corrected chi connectivity index (χ3v) is 7.16. The molecule has 1 N–H and O–H groups in total. The quantitative estimate of drug-likeness (QED) is 0.261. The first-order valence-electron chi connectivity index (χ1n) is 10.7. The highest BCUT2D eigenvalue weighted by Gasteiger charge is 2.19. The molecule has 4 nitrogen and oxygen atoms in total. The van der Waals surface area contributed by atoms with Crippen LogP contribution in [-0.4, -0.2) is 14.5 Å². The molecule has 0 amide bonds. The number of fused-ring (bicyclic) bond motifs is 3. The largest absolute Gasteiger partial charge is 0.349 e. The predicted octanol–water partition coefficient (Wildman–Crippen LogP) is 6.39. The van der Waals surface area contributed by atoms with Gasteiger partial charge in [-0.15, -0.1) is 0 Å². The van der Waals surface area contributed by atoms with Gasteiger partial charge in [0.15, 0.2) is 5.16 Å². The minimum Gasteiger partial charge on any atom is -0.349 e. The SMILES string of the molecule is Cc1ccc(C)c(CSc2nc3c([nH]c4ccccc43)c(=O)n2-c2cccc(C)c2C)c1. The second kappa shape index (κ2) is 7.99. The summed E-state index contributed by atoms with van der Waals surface area (Å²) in [6, 6.07) is 20.5. The minimum absolute atomic E-state index is 0.0663. The van der Waals surface area contributed by atoms with Gasteiger partial charge in [-0.05, 0) is 62.1 Å². The first kappa shape index (κ1) is 20.6. The molecule has 0 aliphatic rings. The van der Waals surface area contributed by atoms with Gasteiger partial charge in [-0.2, -0.15) is 0 Å². The van der Waals surface area contributed by atoms with Crippen molar-refractivity contribution in [2.24, 2.45) is 0 Å².